The van der Waals surface area contributed by atoms with Gasteiger partial charge in [-0.1, -0.05) is 13.0 Å². The average molecular weight is 491 g/mol. The molecule has 0 bridgehead atoms. The highest BCUT2D eigenvalue weighted by Gasteiger charge is 2.33. The van der Waals surface area contributed by atoms with Crippen molar-refractivity contribution in [1.29, 1.82) is 0 Å². The number of hydrogen-bond donors (Lipinski definition) is 2. The average Bonchev–Trinajstić information content (AvgIpc) is 2.56. The molecule has 1 aromatic rings. The van der Waals surface area contributed by atoms with Gasteiger partial charge in [-0.05, 0) is 24.6 Å². The van der Waals surface area contributed by atoms with E-state index in [1.807, 2.05) is 0 Å². The fraction of sp³-hybridized carbons (Fsp3) is 0.500. The van der Waals surface area contributed by atoms with Gasteiger partial charge in [-0.15, -0.1) is 24.0 Å². The van der Waals surface area contributed by atoms with Gasteiger partial charge in [0.1, 0.15) is 5.82 Å². The molecule has 0 spiro atoms. The molecule has 0 heterocycles. The van der Waals surface area contributed by atoms with Gasteiger partial charge in [0, 0.05) is 13.1 Å². The number of ether oxygens (including phenoxy) is 1. The summed E-state index contributed by atoms with van der Waals surface area (Å²) in [5.74, 6) is -1.58. The number of esters is 1. The first-order chi connectivity index (χ1) is 11.7. The topological polar surface area (TPSA) is 62.7 Å². The molecule has 2 N–H and O–H groups in total. The van der Waals surface area contributed by atoms with E-state index in [1.54, 1.807) is 13.8 Å². The molecule has 1 unspecified atom stereocenters. The van der Waals surface area contributed by atoms with E-state index in [1.165, 1.54) is 7.11 Å². The van der Waals surface area contributed by atoms with Crippen molar-refractivity contribution in [3.63, 3.8) is 0 Å². The SMILES string of the molecule is CCNC(=NCc1ccc(F)cc1C(F)(F)F)NCC(C)C(=O)OC.I. The molecule has 1 atom stereocenters. The van der Waals surface area contributed by atoms with Gasteiger partial charge in [0.25, 0.3) is 0 Å². The van der Waals surface area contributed by atoms with E-state index in [2.05, 4.69) is 20.4 Å². The highest BCUT2D eigenvalue weighted by molar-refractivity contribution is 14.0. The van der Waals surface area contributed by atoms with Crippen molar-refractivity contribution >= 4 is 35.9 Å². The third kappa shape index (κ3) is 7.75. The van der Waals surface area contributed by atoms with Crippen LogP contribution in [0, 0.1) is 11.7 Å². The van der Waals surface area contributed by atoms with E-state index in [0.717, 1.165) is 12.1 Å². The van der Waals surface area contributed by atoms with Crippen LogP contribution in [0.2, 0.25) is 0 Å². The van der Waals surface area contributed by atoms with Gasteiger partial charge in [-0.25, -0.2) is 9.38 Å². The van der Waals surface area contributed by atoms with E-state index >= 15 is 0 Å². The van der Waals surface area contributed by atoms with Crippen LogP contribution in [0.25, 0.3) is 0 Å². The number of alkyl halides is 3. The van der Waals surface area contributed by atoms with Crippen molar-refractivity contribution in [3.8, 4) is 0 Å². The Morgan fingerprint density at radius 3 is 2.50 bits per heavy atom. The lowest BCUT2D eigenvalue weighted by Crippen LogP contribution is -2.40. The number of carbonyl (C=O) groups is 1. The minimum Gasteiger partial charge on any atom is -0.469 e. The van der Waals surface area contributed by atoms with Gasteiger partial charge in [0.05, 0.1) is 25.1 Å². The van der Waals surface area contributed by atoms with E-state index in [4.69, 9.17) is 0 Å². The molecule has 0 saturated heterocycles. The molecule has 0 saturated carbocycles. The van der Waals surface area contributed by atoms with Crippen LogP contribution in [0.1, 0.15) is 25.0 Å². The molecule has 5 nitrogen and oxygen atoms in total. The Kier molecular flexibility index (Phi) is 10.5. The van der Waals surface area contributed by atoms with Crippen LogP contribution in [-0.4, -0.2) is 32.1 Å². The molecule has 10 heteroatoms. The normalized spacial score (nSPS) is 12.8. The Hall–Kier alpha value is -1.59. The minimum absolute atomic E-state index is 0. The summed E-state index contributed by atoms with van der Waals surface area (Å²) in [7, 11) is 1.27. The highest BCUT2D eigenvalue weighted by Crippen LogP contribution is 2.32. The van der Waals surface area contributed by atoms with Crippen LogP contribution in [0.5, 0.6) is 0 Å². The second-order valence-electron chi connectivity index (χ2n) is 5.30. The Morgan fingerprint density at radius 2 is 1.96 bits per heavy atom. The van der Waals surface area contributed by atoms with Crippen LogP contribution >= 0.6 is 24.0 Å². The summed E-state index contributed by atoms with van der Waals surface area (Å²) in [4.78, 5) is 15.4. The third-order valence-electron chi connectivity index (χ3n) is 3.31. The first kappa shape index (κ1) is 24.4. The predicted molar refractivity (Wildman–Crippen MR) is 101 cm³/mol. The summed E-state index contributed by atoms with van der Waals surface area (Å²) in [5.41, 5.74) is -1.21. The fourth-order valence-electron chi connectivity index (χ4n) is 1.99. The summed E-state index contributed by atoms with van der Waals surface area (Å²) in [5, 5.41) is 5.72. The molecule has 26 heavy (non-hydrogen) atoms. The van der Waals surface area contributed by atoms with Crippen molar-refractivity contribution in [2.24, 2.45) is 10.9 Å². The molecule has 0 aliphatic carbocycles. The second kappa shape index (κ2) is 11.2. The number of nitrogens with one attached hydrogen (secondary N) is 2. The van der Waals surface area contributed by atoms with Gasteiger partial charge in [-0.2, -0.15) is 13.2 Å². The number of guanidine groups is 1. The molecule has 148 valence electrons. The molecule has 0 aliphatic rings. The van der Waals surface area contributed by atoms with Gasteiger partial charge in [-0.3, -0.25) is 4.79 Å². The fourth-order valence-corrected chi connectivity index (χ4v) is 1.99. The maximum absolute atomic E-state index is 13.1. The second-order valence-corrected chi connectivity index (χ2v) is 5.30. The van der Waals surface area contributed by atoms with Crippen molar-refractivity contribution < 1.29 is 27.1 Å². The lowest BCUT2D eigenvalue weighted by atomic mass is 10.1. The molecule has 1 rings (SSSR count). The Morgan fingerprint density at radius 1 is 1.31 bits per heavy atom. The number of halogens is 5. The summed E-state index contributed by atoms with van der Waals surface area (Å²) >= 11 is 0. The van der Waals surface area contributed by atoms with E-state index in [-0.39, 0.29) is 48.6 Å². The number of methoxy groups -OCH3 is 1. The monoisotopic (exact) mass is 491 g/mol. The number of hydrogen-bond acceptors (Lipinski definition) is 3. The van der Waals surface area contributed by atoms with Gasteiger partial charge in [0.2, 0.25) is 0 Å². The summed E-state index contributed by atoms with van der Waals surface area (Å²) < 4.78 is 56.7. The third-order valence-corrected chi connectivity index (χ3v) is 3.31. The maximum atomic E-state index is 13.1. The molecule has 0 fully saturated rings. The van der Waals surface area contributed by atoms with Crippen molar-refractivity contribution in [2.75, 3.05) is 20.2 Å². The van der Waals surface area contributed by atoms with E-state index in [9.17, 15) is 22.4 Å². The van der Waals surface area contributed by atoms with Crippen LogP contribution in [0.3, 0.4) is 0 Å². The predicted octanol–water partition coefficient (Wildman–Crippen LogP) is 3.33. The minimum atomic E-state index is -4.67. The molecule has 0 radical (unpaired) electrons. The van der Waals surface area contributed by atoms with Crippen molar-refractivity contribution in [3.05, 3.63) is 35.1 Å². The molecular weight excluding hydrogens is 469 g/mol. The summed E-state index contributed by atoms with van der Waals surface area (Å²) in [6, 6.07) is 2.46. The lowest BCUT2D eigenvalue weighted by molar-refractivity contribution is -0.144. The van der Waals surface area contributed by atoms with Crippen LogP contribution in [0.4, 0.5) is 17.6 Å². The number of benzene rings is 1. The first-order valence-corrected chi connectivity index (χ1v) is 7.64. The van der Waals surface area contributed by atoms with Crippen LogP contribution in [0.15, 0.2) is 23.2 Å². The van der Waals surface area contributed by atoms with Crippen LogP contribution in [-0.2, 0) is 22.3 Å². The standard InChI is InChI=1S/C16H21F4N3O2.HI/c1-4-21-15(22-8-10(2)14(24)25-3)23-9-11-5-6-12(17)7-13(11)16(18,19)20;/h5-7,10H,4,8-9H2,1-3H3,(H2,21,22,23);1H. The highest BCUT2D eigenvalue weighted by atomic mass is 127. The summed E-state index contributed by atoms with van der Waals surface area (Å²) in [6.45, 7) is 3.82. The van der Waals surface area contributed by atoms with Gasteiger partial charge >= 0.3 is 12.1 Å². The molecule has 0 aromatic heterocycles. The van der Waals surface area contributed by atoms with E-state index < -0.39 is 29.4 Å². The van der Waals surface area contributed by atoms with Crippen LogP contribution < -0.4 is 10.6 Å². The quantitative estimate of drug-likeness (QED) is 0.211. The number of rotatable bonds is 6. The Labute approximate surface area is 166 Å². The summed E-state index contributed by atoms with van der Waals surface area (Å²) in [6.07, 6.45) is -4.67. The molecule has 0 aliphatic heterocycles. The first-order valence-electron chi connectivity index (χ1n) is 7.64. The Bertz CT molecular complexity index is 624. The zero-order valence-corrected chi connectivity index (χ0v) is 16.9. The van der Waals surface area contributed by atoms with Gasteiger partial charge in [0.15, 0.2) is 5.96 Å². The lowest BCUT2D eigenvalue weighted by Gasteiger charge is -2.15. The molecule has 0 amide bonds. The molecule has 1 aromatic carbocycles. The number of carbonyl (C=O) groups excluding carboxylic acids is 1. The van der Waals surface area contributed by atoms with E-state index in [0.29, 0.717) is 12.6 Å². The largest absolute Gasteiger partial charge is 0.469 e. The van der Waals surface area contributed by atoms with Gasteiger partial charge < -0.3 is 15.4 Å². The smallest absolute Gasteiger partial charge is 0.416 e. The molecular formula is C16H22F4IN3O2. The van der Waals surface area contributed by atoms with Crippen molar-refractivity contribution in [2.45, 2.75) is 26.6 Å². The Balaban J connectivity index is 0.00000625. The van der Waals surface area contributed by atoms with Crippen molar-refractivity contribution in [1.82, 2.24) is 10.6 Å². The number of aliphatic imine (C=N–C) groups is 1. The maximum Gasteiger partial charge on any atom is 0.416 e. The number of nitrogens with zero attached hydrogens (tertiary/aromatic N) is 1. The zero-order chi connectivity index (χ0) is 19.0. The zero-order valence-electron chi connectivity index (χ0n) is 14.6.